The summed E-state index contributed by atoms with van der Waals surface area (Å²) < 4.78 is 25.4. The van der Waals surface area contributed by atoms with Crippen LogP contribution in [0, 0.1) is 0 Å². The summed E-state index contributed by atoms with van der Waals surface area (Å²) in [6, 6.07) is 3.16. The van der Waals surface area contributed by atoms with Crippen molar-refractivity contribution in [2.24, 2.45) is 0 Å². The summed E-state index contributed by atoms with van der Waals surface area (Å²) in [6.07, 6.45) is 1.56. The van der Waals surface area contributed by atoms with E-state index in [9.17, 15) is 13.2 Å². The van der Waals surface area contributed by atoms with Gasteiger partial charge in [-0.05, 0) is 11.4 Å². The first kappa shape index (κ1) is 14.1. The van der Waals surface area contributed by atoms with Gasteiger partial charge < -0.3 is 5.32 Å². The number of thiophene rings is 1. The number of hydrogen-bond acceptors (Lipinski definition) is 6. The van der Waals surface area contributed by atoms with E-state index in [1.165, 1.54) is 24.5 Å². The zero-order chi connectivity index (χ0) is 13.9. The minimum Gasteiger partial charge on any atom is -0.301 e. The Balaban J connectivity index is 2.01. The molecule has 0 unspecified atom stereocenters. The molecule has 2 aromatic heterocycles. The molecule has 1 N–H and O–H groups in total. The first-order valence-corrected chi connectivity index (χ1v) is 8.39. The Morgan fingerprint density at radius 3 is 2.79 bits per heavy atom. The van der Waals surface area contributed by atoms with E-state index in [0.29, 0.717) is 5.13 Å². The lowest BCUT2D eigenvalue weighted by Gasteiger charge is -2.14. The Morgan fingerprint density at radius 2 is 2.21 bits per heavy atom. The van der Waals surface area contributed by atoms with E-state index in [4.69, 9.17) is 0 Å². The Labute approximate surface area is 118 Å². The molecule has 2 rings (SSSR count). The lowest BCUT2D eigenvalue weighted by molar-refractivity contribution is -0.116. The molecule has 0 aliphatic rings. The molecular formula is C10H11N3O3S3. The number of amides is 1. The molecular weight excluding hydrogens is 306 g/mol. The van der Waals surface area contributed by atoms with Gasteiger partial charge in [0.1, 0.15) is 4.21 Å². The standard InChI is InChI=1S/C10H11N3O3S3/c1-13(19(15,16)9-3-2-5-17-9)7-8(14)12-10-11-4-6-18-10/h2-6H,7H2,1H3,(H,11,12,14). The fourth-order valence-corrected chi connectivity index (χ4v) is 4.17. The SMILES string of the molecule is CN(CC(=O)Nc1nccs1)S(=O)(=O)c1cccs1. The van der Waals surface area contributed by atoms with Gasteiger partial charge in [-0.1, -0.05) is 6.07 Å². The van der Waals surface area contributed by atoms with E-state index in [2.05, 4.69) is 10.3 Å². The molecule has 0 radical (unpaired) electrons. The van der Waals surface area contributed by atoms with Crippen molar-refractivity contribution in [2.75, 3.05) is 18.9 Å². The fourth-order valence-electron chi connectivity index (χ4n) is 1.30. The van der Waals surface area contributed by atoms with Crippen LogP contribution in [0.5, 0.6) is 0 Å². The smallest absolute Gasteiger partial charge is 0.252 e. The van der Waals surface area contributed by atoms with Crippen LogP contribution in [0.2, 0.25) is 0 Å². The van der Waals surface area contributed by atoms with Crippen molar-refractivity contribution in [3.8, 4) is 0 Å². The number of carbonyl (C=O) groups excluding carboxylic acids is 1. The second kappa shape index (κ2) is 5.78. The largest absolute Gasteiger partial charge is 0.301 e. The fraction of sp³-hybridized carbons (Fsp3) is 0.200. The lowest BCUT2D eigenvalue weighted by atomic mass is 10.6. The molecule has 0 spiro atoms. The summed E-state index contributed by atoms with van der Waals surface area (Å²) in [5, 5.41) is 6.39. The van der Waals surface area contributed by atoms with Gasteiger partial charge in [-0.15, -0.1) is 22.7 Å². The maximum absolute atomic E-state index is 12.1. The third-order valence-electron chi connectivity index (χ3n) is 2.20. The van der Waals surface area contributed by atoms with Gasteiger partial charge in [-0.25, -0.2) is 13.4 Å². The molecule has 9 heteroatoms. The highest BCUT2D eigenvalue weighted by Gasteiger charge is 2.23. The summed E-state index contributed by atoms with van der Waals surface area (Å²) in [5.41, 5.74) is 0. The number of anilines is 1. The van der Waals surface area contributed by atoms with Gasteiger partial charge in [0.15, 0.2) is 5.13 Å². The van der Waals surface area contributed by atoms with Crippen molar-refractivity contribution in [1.82, 2.24) is 9.29 Å². The second-order valence-corrected chi connectivity index (χ2v) is 7.69. The number of nitrogens with one attached hydrogen (secondary N) is 1. The van der Waals surface area contributed by atoms with Crippen molar-refractivity contribution in [2.45, 2.75) is 4.21 Å². The topological polar surface area (TPSA) is 79.4 Å². The Hall–Kier alpha value is -1.29. The monoisotopic (exact) mass is 317 g/mol. The van der Waals surface area contributed by atoms with Crippen molar-refractivity contribution in [3.05, 3.63) is 29.1 Å². The molecule has 102 valence electrons. The molecule has 0 saturated heterocycles. The molecule has 2 heterocycles. The normalized spacial score (nSPS) is 11.7. The predicted molar refractivity (Wildman–Crippen MR) is 74.9 cm³/mol. The van der Waals surface area contributed by atoms with E-state index in [1.807, 2.05) is 0 Å². The van der Waals surface area contributed by atoms with Crippen LogP contribution < -0.4 is 5.32 Å². The molecule has 0 aliphatic heterocycles. The number of aromatic nitrogens is 1. The molecule has 0 aromatic carbocycles. The van der Waals surface area contributed by atoms with Crippen LogP contribution in [-0.4, -0.2) is 37.2 Å². The minimum absolute atomic E-state index is 0.219. The van der Waals surface area contributed by atoms with E-state index < -0.39 is 15.9 Å². The molecule has 0 saturated carbocycles. The van der Waals surface area contributed by atoms with Gasteiger partial charge >= 0.3 is 0 Å². The average molecular weight is 317 g/mol. The van der Waals surface area contributed by atoms with Gasteiger partial charge in [-0.3, -0.25) is 4.79 Å². The van der Waals surface area contributed by atoms with E-state index in [-0.39, 0.29) is 10.8 Å². The lowest BCUT2D eigenvalue weighted by Crippen LogP contribution is -2.34. The Kier molecular flexibility index (Phi) is 4.30. The number of rotatable bonds is 5. The summed E-state index contributed by atoms with van der Waals surface area (Å²) in [6.45, 7) is -0.250. The van der Waals surface area contributed by atoms with Gasteiger partial charge in [0.05, 0.1) is 6.54 Å². The minimum atomic E-state index is -3.60. The highest BCUT2D eigenvalue weighted by Crippen LogP contribution is 2.19. The molecule has 0 bridgehead atoms. The molecule has 2 aromatic rings. The molecule has 0 fully saturated rings. The van der Waals surface area contributed by atoms with Crippen LogP contribution in [0.25, 0.3) is 0 Å². The molecule has 1 amide bonds. The average Bonchev–Trinajstić information content (AvgIpc) is 3.00. The highest BCUT2D eigenvalue weighted by molar-refractivity contribution is 7.91. The number of sulfonamides is 1. The van der Waals surface area contributed by atoms with Crippen LogP contribution in [-0.2, 0) is 14.8 Å². The van der Waals surface area contributed by atoms with Gasteiger partial charge in [0.2, 0.25) is 5.91 Å². The van der Waals surface area contributed by atoms with E-state index in [1.54, 1.807) is 23.0 Å². The van der Waals surface area contributed by atoms with Crippen LogP contribution in [0.1, 0.15) is 0 Å². The van der Waals surface area contributed by atoms with Crippen LogP contribution in [0.3, 0.4) is 0 Å². The maximum atomic E-state index is 12.1. The quantitative estimate of drug-likeness (QED) is 0.905. The zero-order valence-corrected chi connectivity index (χ0v) is 12.4. The number of hydrogen-bond donors (Lipinski definition) is 1. The summed E-state index contributed by atoms with van der Waals surface area (Å²) in [7, 11) is -2.22. The molecule has 0 aliphatic carbocycles. The van der Waals surface area contributed by atoms with Gasteiger partial charge in [0, 0.05) is 18.6 Å². The van der Waals surface area contributed by atoms with Crippen LogP contribution >= 0.6 is 22.7 Å². The molecule has 0 atom stereocenters. The van der Waals surface area contributed by atoms with Gasteiger partial charge in [0.25, 0.3) is 10.0 Å². The first-order chi connectivity index (χ1) is 9.00. The number of nitrogens with zero attached hydrogens (tertiary/aromatic N) is 2. The number of likely N-dealkylation sites (N-methyl/N-ethyl adjacent to an activating group) is 1. The maximum Gasteiger partial charge on any atom is 0.252 e. The Morgan fingerprint density at radius 1 is 1.42 bits per heavy atom. The molecule has 19 heavy (non-hydrogen) atoms. The van der Waals surface area contributed by atoms with E-state index >= 15 is 0 Å². The molecule has 6 nitrogen and oxygen atoms in total. The Bertz CT molecular complexity index is 635. The van der Waals surface area contributed by atoms with Crippen LogP contribution in [0.15, 0.2) is 33.3 Å². The van der Waals surface area contributed by atoms with Crippen molar-refractivity contribution in [1.29, 1.82) is 0 Å². The number of thiazole rings is 1. The highest BCUT2D eigenvalue weighted by atomic mass is 32.2. The predicted octanol–water partition coefficient (Wildman–Crippen LogP) is 1.46. The third kappa shape index (κ3) is 3.38. The van der Waals surface area contributed by atoms with Crippen molar-refractivity contribution in [3.63, 3.8) is 0 Å². The van der Waals surface area contributed by atoms with Crippen molar-refractivity contribution < 1.29 is 13.2 Å². The van der Waals surface area contributed by atoms with E-state index in [0.717, 1.165) is 15.6 Å². The second-order valence-electron chi connectivity index (χ2n) is 3.58. The van der Waals surface area contributed by atoms with Gasteiger partial charge in [-0.2, -0.15) is 4.31 Å². The number of carbonyl (C=O) groups is 1. The summed E-state index contributed by atoms with van der Waals surface area (Å²) >= 11 is 2.39. The zero-order valence-electron chi connectivity index (χ0n) is 9.94. The summed E-state index contributed by atoms with van der Waals surface area (Å²) in [4.78, 5) is 15.6. The third-order valence-corrected chi connectivity index (χ3v) is 6.07. The van der Waals surface area contributed by atoms with Crippen LogP contribution in [0.4, 0.5) is 5.13 Å². The van der Waals surface area contributed by atoms with Crippen molar-refractivity contribution >= 4 is 43.7 Å². The summed E-state index contributed by atoms with van der Waals surface area (Å²) in [5.74, 6) is -0.419. The first-order valence-electron chi connectivity index (χ1n) is 5.19.